The number of ether oxygens (including phenoxy) is 3. The van der Waals surface area contributed by atoms with Gasteiger partial charge in [-0.15, -0.1) is 0 Å². The van der Waals surface area contributed by atoms with Crippen molar-refractivity contribution in [2.75, 3.05) is 13.2 Å². The summed E-state index contributed by atoms with van der Waals surface area (Å²) < 4.78 is 16.3. The zero-order valence-electron chi connectivity index (χ0n) is 27.0. The summed E-state index contributed by atoms with van der Waals surface area (Å²) in [6.45, 7) is 6.25. The minimum Gasteiger partial charge on any atom is -0.462 e. The minimum absolute atomic E-state index is 0.0970. The first-order valence-electron chi connectivity index (χ1n) is 16.6. The van der Waals surface area contributed by atoms with Crippen molar-refractivity contribution in [3.8, 4) is 0 Å². The zero-order valence-corrected chi connectivity index (χ0v) is 27.0. The van der Waals surface area contributed by atoms with E-state index in [1.54, 1.807) is 0 Å². The first-order chi connectivity index (χ1) is 20.5. The lowest BCUT2D eigenvalue weighted by atomic mass is 10.1. The van der Waals surface area contributed by atoms with Crippen LogP contribution in [0.2, 0.25) is 0 Å². The number of rotatable bonds is 28. The van der Waals surface area contributed by atoms with E-state index < -0.39 is 6.10 Å². The normalized spacial score (nSPS) is 12.5. The Bertz CT molecular complexity index is 780. The quantitative estimate of drug-likeness (QED) is 0.0392. The fraction of sp³-hybridized carbons (Fsp3) is 0.694. The summed E-state index contributed by atoms with van der Waals surface area (Å²) in [6, 6.07) is 0. The van der Waals surface area contributed by atoms with Crippen LogP contribution in [0.25, 0.3) is 0 Å². The predicted molar refractivity (Wildman–Crippen MR) is 173 cm³/mol. The number of esters is 3. The van der Waals surface area contributed by atoms with Crippen molar-refractivity contribution in [3.05, 3.63) is 48.6 Å². The Morgan fingerprint density at radius 2 is 0.929 bits per heavy atom. The maximum atomic E-state index is 12.4. The predicted octanol–water partition coefficient (Wildman–Crippen LogP) is 9.68. The molecule has 0 fully saturated rings. The summed E-state index contributed by atoms with van der Waals surface area (Å²) >= 11 is 0. The van der Waals surface area contributed by atoms with Crippen molar-refractivity contribution in [3.63, 3.8) is 0 Å². The molecule has 0 rings (SSSR count). The van der Waals surface area contributed by atoms with Gasteiger partial charge >= 0.3 is 17.9 Å². The van der Waals surface area contributed by atoms with E-state index in [9.17, 15) is 14.4 Å². The van der Waals surface area contributed by atoms with Gasteiger partial charge in [0.15, 0.2) is 6.10 Å². The molecule has 0 bridgehead atoms. The first kappa shape index (κ1) is 39.4. The summed E-state index contributed by atoms with van der Waals surface area (Å²) in [5.41, 5.74) is 0. The maximum absolute atomic E-state index is 12.4. The summed E-state index contributed by atoms with van der Waals surface area (Å²) in [5, 5.41) is 0. The van der Waals surface area contributed by atoms with E-state index in [-0.39, 0.29) is 37.5 Å². The van der Waals surface area contributed by atoms with Crippen LogP contribution in [-0.2, 0) is 28.6 Å². The molecule has 6 nitrogen and oxygen atoms in total. The van der Waals surface area contributed by atoms with Crippen LogP contribution in [-0.4, -0.2) is 37.2 Å². The lowest BCUT2D eigenvalue weighted by Crippen LogP contribution is -2.30. The van der Waals surface area contributed by atoms with Gasteiger partial charge in [0.1, 0.15) is 13.2 Å². The van der Waals surface area contributed by atoms with Crippen molar-refractivity contribution in [2.24, 2.45) is 0 Å². The van der Waals surface area contributed by atoms with Gasteiger partial charge in [0.2, 0.25) is 0 Å². The van der Waals surface area contributed by atoms with Gasteiger partial charge in [0.05, 0.1) is 0 Å². The molecular weight excluding hydrogens is 528 g/mol. The summed E-state index contributed by atoms with van der Waals surface area (Å²) in [6.07, 6.45) is 33.0. The average molecular weight is 589 g/mol. The topological polar surface area (TPSA) is 78.9 Å². The van der Waals surface area contributed by atoms with Crippen molar-refractivity contribution in [2.45, 2.75) is 149 Å². The molecule has 0 heterocycles. The van der Waals surface area contributed by atoms with E-state index in [1.807, 2.05) is 12.2 Å². The largest absolute Gasteiger partial charge is 0.462 e. The zero-order chi connectivity index (χ0) is 30.9. The van der Waals surface area contributed by atoms with Crippen LogP contribution in [0.5, 0.6) is 0 Å². The number of carbonyl (C=O) groups is 3. The first-order valence-corrected chi connectivity index (χ1v) is 16.6. The van der Waals surface area contributed by atoms with Crippen LogP contribution in [0, 0.1) is 0 Å². The molecule has 1 unspecified atom stereocenters. The average Bonchev–Trinajstić information content (AvgIpc) is 2.98. The molecule has 0 aliphatic heterocycles. The van der Waals surface area contributed by atoms with Gasteiger partial charge in [-0.1, -0.05) is 127 Å². The molecule has 0 aromatic heterocycles. The van der Waals surface area contributed by atoms with Crippen LogP contribution in [0.15, 0.2) is 48.6 Å². The lowest BCUT2D eigenvalue weighted by Gasteiger charge is -2.18. The third-order valence-electron chi connectivity index (χ3n) is 6.61. The van der Waals surface area contributed by atoms with Gasteiger partial charge in [-0.05, 0) is 44.9 Å². The third-order valence-corrected chi connectivity index (χ3v) is 6.61. The van der Waals surface area contributed by atoms with Gasteiger partial charge in [-0.25, -0.2) is 0 Å². The fourth-order valence-electron chi connectivity index (χ4n) is 4.10. The summed E-state index contributed by atoms with van der Waals surface area (Å²) in [4.78, 5) is 36.8. The van der Waals surface area contributed by atoms with Crippen LogP contribution in [0.1, 0.15) is 143 Å². The van der Waals surface area contributed by atoms with Crippen molar-refractivity contribution < 1.29 is 28.6 Å². The van der Waals surface area contributed by atoms with Gasteiger partial charge in [-0.2, -0.15) is 0 Å². The van der Waals surface area contributed by atoms with E-state index in [4.69, 9.17) is 14.2 Å². The van der Waals surface area contributed by atoms with Gasteiger partial charge in [0.25, 0.3) is 0 Å². The Morgan fingerprint density at radius 1 is 0.500 bits per heavy atom. The smallest absolute Gasteiger partial charge is 0.306 e. The van der Waals surface area contributed by atoms with E-state index in [1.165, 1.54) is 25.7 Å². The number of allylic oxidation sites excluding steroid dienone is 8. The number of unbranched alkanes of at least 4 members (excludes halogenated alkanes) is 9. The molecule has 42 heavy (non-hydrogen) atoms. The van der Waals surface area contributed by atoms with E-state index in [0.29, 0.717) is 19.3 Å². The molecular formula is C36H60O6. The molecule has 0 aliphatic carbocycles. The Morgan fingerprint density at radius 3 is 1.45 bits per heavy atom. The molecule has 0 saturated carbocycles. The Hall–Kier alpha value is -2.63. The monoisotopic (exact) mass is 588 g/mol. The number of carbonyl (C=O) groups excluding carboxylic acids is 3. The second-order valence-corrected chi connectivity index (χ2v) is 10.7. The van der Waals surface area contributed by atoms with Gasteiger partial charge in [0, 0.05) is 19.3 Å². The minimum atomic E-state index is -0.789. The Labute approximate surface area is 257 Å². The lowest BCUT2D eigenvalue weighted by molar-refractivity contribution is -0.166. The van der Waals surface area contributed by atoms with Crippen molar-refractivity contribution in [1.82, 2.24) is 0 Å². The van der Waals surface area contributed by atoms with Crippen LogP contribution < -0.4 is 0 Å². The van der Waals surface area contributed by atoms with E-state index in [0.717, 1.165) is 70.6 Å². The molecule has 240 valence electrons. The highest BCUT2D eigenvalue weighted by atomic mass is 16.6. The molecule has 1 atom stereocenters. The van der Waals surface area contributed by atoms with E-state index >= 15 is 0 Å². The molecule has 0 N–H and O–H groups in total. The number of hydrogen-bond acceptors (Lipinski definition) is 6. The van der Waals surface area contributed by atoms with Crippen LogP contribution >= 0.6 is 0 Å². The summed E-state index contributed by atoms with van der Waals surface area (Å²) in [5.74, 6) is -1.02. The Balaban J connectivity index is 4.42. The molecule has 0 saturated heterocycles. The van der Waals surface area contributed by atoms with Gasteiger partial charge < -0.3 is 14.2 Å². The fourth-order valence-corrected chi connectivity index (χ4v) is 4.10. The standard InChI is InChI=1S/C36H60O6/c1-4-7-10-13-15-16-17-18-19-20-21-24-26-29-35(38)41-32-33(31-40-34(37)28-25-22-12-9-6-3)42-36(39)30-27-23-14-11-8-5-2/h7,10,15-16,18-19,21,24,33H,4-6,8-9,11-14,17,20,22-23,25-32H2,1-3H3/b10-7-,16-15-,19-18-,24-21-. The van der Waals surface area contributed by atoms with E-state index in [2.05, 4.69) is 57.2 Å². The molecule has 0 aromatic rings. The SMILES string of the molecule is CC/C=C\C/C=C\C/C=C\C/C=C\CCC(=O)OCC(COC(=O)CCCCCCC)OC(=O)CCCCCCCC. The molecule has 0 spiro atoms. The van der Waals surface area contributed by atoms with Crippen molar-refractivity contribution >= 4 is 17.9 Å². The molecule has 0 amide bonds. The van der Waals surface area contributed by atoms with Crippen LogP contribution in [0.3, 0.4) is 0 Å². The highest BCUT2D eigenvalue weighted by Gasteiger charge is 2.19. The highest BCUT2D eigenvalue weighted by Crippen LogP contribution is 2.10. The molecule has 0 aromatic carbocycles. The highest BCUT2D eigenvalue weighted by molar-refractivity contribution is 5.71. The Kier molecular flexibility index (Phi) is 29.3. The summed E-state index contributed by atoms with van der Waals surface area (Å²) in [7, 11) is 0. The molecule has 0 aliphatic rings. The second kappa shape index (κ2) is 31.3. The third kappa shape index (κ3) is 28.9. The van der Waals surface area contributed by atoms with Crippen LogP contribution in [0.4, 0.5) is 0 Å². The number of hydrogen-bond donors (Lipinski definition) is 0. The molecule has 6 heteroatoms. The van der Waals surface area contributed by atoms with Crippen molar-refractivity contribution in [1.29, 1.82) is 0 Å². The maximum Gasteiger partial charge on any atom is 0.306 e. The molecule has 0 radical (unpaired) electrons. The van der Waals surface area contributed by atoms with Gasteiger partial charge in [-0.3, -0.25) is 14.4 Å². The second-order valence-electron chi connectivity index (χ2n) is 10.7.